The third-order valence-corrected chi connectivity index (χ3v) is 15.8. The third-order valence-electron chi connectivity index (χ3n) is 15.8. The number of allylic oxidation sites excluding steroid dienone is 9. The van der Waals surface area contributed by atoms with E-state index in [1.807, 2.05) is 0 Å². The van der Waals surface area contributed by atoms with E-state index < -0.39 is 0 Å². The SMILES string of the molecule is C1=CCCC(n2c3ccccc3c3cc(N(C4=CC(c5ccccc5)=CCC4)c4ccc(-c5ccc(N(C6=CC7c8ccccc8N(c8ccccc8)C7C=C6)c6cccc(-c7ccccc7)c6)cc5)cc4)ccc32)=C1. The molecule has 0 saturated heterocycles. The Morgan fingerprint density at radius 3 is 1.86 bits per heavy atom. The maximum atomic E-state index is 2.50. The molecule has 3 aliphatic carbocycles. The number of nitrogens with zero attached hydrogens (tertiary/aromatic N) is 4. The van der Waals surface area contributed by atoms with Gasteiger partial charge >= 0.3 is 0 Å². The Balaban J connectivity index is 0.831. The van der Waals surface area contributed by atoms with Crippen LogP contribution in [0.4, 0.5) is 34.1 Å². The van der Waals surface area contributed by atoms with Crippen LogP contribution in [0, 0.1) is 0 Å². The minimum atomic E-state index is 0.172. The molecule has 0 amide bonds. The van der Waals surface area contributed by atoms with Gasteiger partial charge in [-0.2, -0.15) is 0 Å². The number of aromatic nitrogens is 1. The van der Waals surface area contributed by atoms with Gasteiger partial charge in [0.25, 0.3) is 0 Å². The van der Waals surface area contributed by atoms with E-state index in [4.69, 9.17) is 0 Å². The number of rotatable bonds is 11. The fourth-order valence-corrected chi connectivity index (χ4v) is 12.2. The largest absolute Gasteiger partial charge is 0.333 e. The van der Waals surface area contributed by atoms with E-state index in [1.165, 1.54) is 83.5 Å². The van der Waals surface area contributed by atoms with Crippen LogP contribution in [0.25, 0.3) is 55.3 Å². The Labute approximate surface area is 445 Å². The van der Waals surface area contributed by atoms with Crippen molar-refractivity contribution in [1.82, 2.24) is 4.57 Å². The van der Waals surface area contributed by atoms with Gasteiger partial charge < -0.3 is 19.3 Å². The molecule has 0 spiro atoms. The smallest absolute Gasteiger partial charge is 0.0631 e. The predicted molar refractivity (Wildman–Crippen MR) is 321 cm³/mol. The first kappa shape index (κ1) is 45.3. The van der Waals surface area contributed by atoms with Gasteiger partial charge in [-0.1, -0.05) is 182 Å². The molecule has 0 bridgehead atoms. The van der Waals surface area contributed by atoms with Crippen molar-refractivity contribution < 1.29 is 0 Å². The number of anilines is 6. The maximum Gasteiger partial charge on any atom is 0.0631 e. The van der Waals surface area contributed by atoms with E-state index in [0.29, 0.717) is 0 Å². The van der Waals surface area contributed by atoms with Gasteiger partial charge in [-0.15, -0.1) is 0 Å². The summed E-state index contributed by atoms with van der Waals surface area (Å²) in [6, 6.07) is 84.7. The van der Waals surface area contributed by atoms with Crippen LogP contribution < -0.4 is 14.7 Å². The molecule has 1 aliphatic heterocycles. The summed E-state index contributed by atoms with van der Waals surface area (Å²) in [6.07, 6.45) is 22.8. The zero-order chi connectivity index (χ0) is 50.4. The monoisotopic (exact) mass is 976 g/mol. The molecular formula is C72H56N4. The van der Waals surface area contributed by atoms with Gasteiger partial charge in [-0.25, -0.2) is 0 Å². The van der Waals surface area contributed by atoms with Crippen molar-refractivity contribution in [2.45, 2.75) is 37.6 Å². The highest BCUT2D eigenvalue weighted by atomic mass is 15.2. The highest BCUT2D eigenvalue weighted by Crippen LogP contribution is 2.50. The van der Waals surface area contributed by atoms with E-state index in [2.05, 4.69) is 298 Å². The Morgan fingerprint density at radius 2 is 1.09 bits per heavy atom. The second-order valence-electron chi connectivity index (χ2n) is 20.3. The van der Waals surface area contributed by atoms with Crippen LogP contribution in [-0.2, 0) is 0 Å². The van der Waals surface area contributed by atoms with Gasteiger partial charge in [0, 0.05) is 67.9 Å². The van der Waals surface area contributed by atoms with Crippen molar-refractivity contribution in [3.05, 3.63) is 302 Å². The zero-order valence-corrected chi connectivity index (χ0v) is 42.3. The lowest BCUT2D eigenvalue weighted by molar-refractivity contribution is 0.736. The molecule has 364 valence electrons. The predicted octanol–water partition coefficient (Wildman–Crippen LogP) is 19.1. The highest BCUT2D eigenvalue weighted by molar-refractivity contribution is 6.11. The normalized spacial score (nSPS) is 16.7. The van der Waals surface area contributed by atoms with Gasteiger partial charge in [0.1, 0.15) is 0 Å². The first-order valence-electron chi connectivity index (χ1n) is 26.9. The number of hydrogen-bond donors (Lipinski definition) is 0. The van der Waals surface area contributed by atoms with Crippen molar-refractivity contribution in [2.75, 3.05) is 14.7 Å². The molecule has 0 radical (unpaired) electrons. The molecule has 0 fully saturated rings. The van der Waals surface area contributed by atoms with Crippen LogP contribution in [0.15, 0.2) is 291 Å². The van der Waals surface area contributed by atoms with Crippen molar-refractivity contribution in [3.8, 4) is 22.3 Å². The lowest BCUT2D eigenvalue weighted by Gasteiger charge is -2.33. The lowest BCUT2D eigenvalue weighted by atomic mass is 9.89. The van der Waals surface area contributed by atoms with Crippen molar-refractivity contribution in [3.63, 3.8) is 0 Å². The van der Waals surface area contributed by atoms with Gasteiger partial charge in [-0.3, -0.25) is 0 Å². The first-order chi connectivity index (χ1) is 37.7. The number of hydrogen-bond acceptors (Lipinski definition) is 3. The van der Waals surface area contributed by atoms with Crippen LogP contribution >= 0.6 is 0 Å². The van der Waals surface area contributed by atoms with Crippen LogP contribution in [0.5, 0.6) is 0 Å². The molecule has 1 aromatic heterocycles. The van der Waals surface area contributed by atoms with Crippen molar-refractivity contribution >= 4 is 67.2 Å². The van der Waals surface area contributed by atoms with Crippen LogP contribution in [-0.4, -0.2) is 10.6 Å². The molecule has 2 heterocycles. The molecule has 4 aliphatic rings. The van der Waals surface area contributed by atoms with Gasteiger partial charge in [-0.05, 0) is 162 Å². The third kappa shape index (κ3) is 8.20. The average Bonchev–Trinajstić information content (AvgIpc) is 4.06. The summed E-state index contributed by atoms with van der Waals surface area (Å²) in [5.74, 6) is 0.179. The van der Waals surface area contributed by atoms with E-state index >= 15 is 0 Å². The molecule has 2 unspecified atom stereocenters. The minimum absolute atomic E-state index is 0.172. The maximum absolute atomic E-state index is 2.50. The number of para-hydroxylation sites is 3. The van der Waals surface area contributed by atoms with Crippen LogP contribution in [0.3, 0.4) is 0 Å². The van der Waals surface area contributed by atoms with E-state index in [-0.39, 0.29) is 12.0 Å². The molecule has 9 aromatic carbocycles. The fraction of sp³-hybridized carbons (Fsp3) is 0.0833. The Morgan fingerprint density at radius 1 is 0.461 bits per heavy atom. The molecular weight excluding hydrogens is 921 g/mol. The quantitative estimate of drug-likeness (QED) is 0.128. The second-order valence-corrected chi connectivity index (χ2v) is 20.3. The Kier molecular flexibility index (Phi) is 11.6. The summed E-state index contributed by atoms with van der Waals surface area (Å²) in [5, 5.41) is 2.54. The summed E-state index contributed by atoms with van der Waals surface area (Å²) >= 11 is 0. The fourth-order valence-electron chi connectivity index (χ4n) is 12.2. The van der Waals surface area contributed by atoms with Gasteiger partial charge in [0.2, 0.25) is 0 Å². The lowest BCUT2D eigenvalue weighted by Crippen LogP contribution is -2.30. The molecule has 14 rings (SSSR count). The standard InChI is InChI=1S/C72H56N4/c1-5-19-51(20-6-1)55-23-17-29-61(47-55)73(63-43-45-71-67(49-63)65-31-13-15-33-69(65)75(71)57-25-9-3-10-26-57)59-39-35-53(36-40-59)54-37-41-60(42-38-54)74(62-30-18-24-56(48-62)52-21-7-2-8-22-52)64-44-46-72-68(50-64)66-32-14-16-34-70(66)76(72)58-27-11-4-12-28-58/h1-11,13-17,19-27,29,31-50,67,71H,12,18,28,30H2. The molecule has 2 atom stereocenters. The summed E-state index contributed by atoms with van der Waals surface area (Å²) in [4.78, 5) is 7.43. The van der Waals surface area contributed by atoms with Gasteiger partial charge in [0.05, 0.1) is 17.1 Å². The molecule has 0 N–H and O–H groups in total. The molecule has 10 aromatic rings. The molecule has 4 heteroatoms. The van der Waals surface area contributed by atoms with Crippen LogP contribution in [0.1, 0.15) is 42.7 Å². The molecule has 4 nitrogen and oxygen atoms in total. The van der Waals surface area contributed by atoms with Crippen LogP contribution in [0.2, 0.25) is 0 Å². The summed E-state index contributed by atoms with van der Waals surface area (Å²) in [6.45, 7) is 0. The second kappa shape index (κ2) is 19.5. The molecule has 76 heavy (non-hydrogen) atoms. The minimum Gasteiger partial charge on any atom is -0.333 e. The van der Waals surface area contributed by atoms with Gasteiger partial charge in [0.15, 0.2) is 0 Å². The summed E-state index contributed by atoms with van der Waals surface area (Å²) < 4.78 is 2.48. The number of fused-ring (bicyclic) bond motifs is 6. The van der Waals surface area contributed by atoms with E-state index in [1.54, 1.807) is 0 Å². The average molecular weight is 977 g/mol. The van der Waals surface area contributed by atoms with Crippen molar-refractivity contribution in [2.24, 2.45) is 0 Å². The molecule has 0 saturated carbocycles. The Bertz CT molecular complexity index is 3990. The van der Waals surface area contributed by atoms with E-state index in [9.17, 15) is 0 Å². The number of benzene rings is 9. The van der Waals surface area contributed by atoms with Crippen molar-refractivity contribution in [1.29, 1.82) is 0 Å². The summed E-state index contributed by atoms with van der Waals surface area (Å²) in [7, 11) is 0. The first-order valence-corrected chi connectivity index (χ1v) is 26.9. The zero-order valence-electron chi connectivity index (χ0n) is 42.3. The summed E-state index contributed by atoms with van der Waals surface area (Å²) in [5.41, 5.74) is 21.9. The highest BCUT2D eigenvalue weighted by Gasteiger charge is 2.39. The van der Waals surface area contributed by atoms with E-state index in [0.717, 1.165) is 54.1 Å². The topological polar surface area (TPSA) is 14.7 Å². The Hall–Kier alpha value is -9.38.